The van der Waals surface area contributed by atoms with Crippen LogP contribution in [0.3, 0.4) is 0 Å². The molecule has 0 spiro atoms. The van der Waals surface area contributed by atoms with Crippen molar-refractivity contribution in [3.8, 4) is 0 Å². The summed E-state index contributed by atoms with van der Waals surface area (Å²) >= 11 is 0. The van der Waals surface area contributed by atoms with Gasteiger partial charge in [-0.15, -0.1) is 0 Å². The summed E-state index contributed by atoms with van der Waals surface area (Å²) in [6, 6.07) is 8.04. The van der Waals surface area contributed by atoms with Crippen LogP contribution >= 0.6 is 0 Å². The van der Waals surface area contributed by atoms with E-state index in [0.29, 0.717) is 13.1 Å². The van der Waals surface area contributed by atoms with Crippen molar-refractivity contribution in [3.05, 3.63) is 35.4 Å². The summed E-state index contributed by atoms with van der Waals surface area (Å²) < 4.78 is 0. The first kappa shape index (κ1) is 19.2. The standard InChI is InChI=1S/C19H30N4O2/c1-15-7-3-4-8-16(15)13-22(2)19(25)21-10-6-12-23-11-5-9-17(14-23)18(20)24/h3-4,7-8,17H,5-6,9-14H2,1-2H3,(H2,20,24)(H,21,25)/t17-/m1/s1. The number of carbonyl (C=O) groups excluding carboxylic acids is 2. The highest BCUT2D eigenvalue weighted by atomic mass is 16.2. The topological polar surface area (TPSA) is 78.7 Å². The number of rotatable bonds is 7. The summed E-state index contributed by atoms with van der Waals surface area (Å²) in [5.74, 6) is -0.223. The molecule has 3 amide bonds. The number of aryl methyl sites for hydroxylation is 1. The highest BCUT2D eigenvalue weighted by Crippen LogP contribution is 2.16. The van der Waals surface area contributed by atoms with Crippen molar-refractivity contribution in [1.29, 1.82) is 0 Å². The van der Waals surface area contributed by atoms with E-state index in [1.54, 1.807) is 4.90 Å². The molecule has 0 bridgehead atoms. The fourth-order valence-corrected chi connectivity index (χ4v) is 3.24. The molecule has 1 heterocycles. The number of urea groups is 1. The van der Waals surface area contributed by atoms with Crippen LogP contribution in [0.5, 0.6) is 0 Å². The highest BCUT2D eigenvalue weighted by Gasteiger charge is 2.23. The van der Waals surface area contributed by atoms with E-state index >= 15 is 0 Å². The van der Waals surface area contributed by atoms with E-state index in [-0.39, 0.29) is 17.9 Å². The van der Waals surface area contributed by atoms with Gasteiger partial charge in [0.1, 0.15) is 0 Å². The fourth-order valence-electron chi connectivity index (χ4n) is 3.24. The predicted molar refractivity (Wildman–Crippen MR) is 99.0 cm³/mol. The molecule has 2 rings (SSSR count). The van der Waals surface area contributed by atoms with Crippen LogP contribution < -0.4 is 11.1 Å². The van der Waals surface area contributed by atoms with Gasteiger partial charge in [0.05, 0.1) is 5.92 Å². The Morgan fingerprint density at radius 3 is 2.84 bits per heavy atom. The average Bonchev–Trinajstić information content (AvgIpc) is 2.60. The predicted octanol–water partition coefficient (Wildman–Crippen LogP) is 1.72. The Morgan fingerprint density at radius 1 is 1.36 bits per heavy atom. The lowest BCUT2D eigenvalue weighted by Crippen LogP contribution is -2.42. The van der Waals surface area contributed by atoms with Gasteiger partial charge < -0.3 is 20.9 Å². The zero-order chi connectivity index (χ0) is 18.2. The van der Waals surface area contributed by atoms with Crippen molar-refractivity contribution in [2.24, 2.45) is 11.7 Å². The average molecular weight is 346 g/mol. The maximum absolute atomic E-state index is 12.2. The van der Waals surface area contributed by atoms with E-state index in [0.717, 1.165) is 44.5 Å². The summed E-state index contributed by atoms with van der Waals surface area (Å²) in [6.45, 7) is 5.92. The molecule has 1 fully saturated rings. The molecule has 0 saturated carbocycles. The maximum Gasteiger partial charge on any atom is 0.317 e. The molecule has 0 aromatic heterocycles. The lowest BCUT2D eigenvalue weighted by atomic mass is 9.97. The van der Waals surface area contributed by atoms with E-state index in [4.69, 9.17) is 5.73 Å². The highest BCUT2D eigenvalue weighted by molar-refractivity contribution is 5.77. The first-order valence-electron chi connectivity index (χ1n) is 9.02. The van der Waals surface area contributed by atoms with Gasteiger partial charge in [-0.1, -0.05) is 24.3 Å². The molecule has 25 heavy (non-hydrogen) atoms. The van der Waals surface area contributed by atoms with Crippen molar-refractivity contribution >= 4 is 11.9 Å². The van der Waals surface area contributed by atoms with E-state index in [9.17, 15) is 9.59 Å². The largest absolute Gasteiger partial charge is 0.369 e. The summed E-state index contributed by atoms with van der Waals surface area (Å²) in [5, 5.41) is 2.96. The Labute approximate surface area is 150 Å². The quantitative estimate of drug-likeness (QED) is 0.738. The van der Waals surface area contributed by atoms with Crippen molar-refractivity contribution in [2.75, 3.05) is 33.2 Å². The van der Waals surface area contributed by atoms with Crippen molar-refractivity contribution in [1.82, 2.24) is 15.1 Å². The zero-order valence-electron chi connectivity index (χ0n) is 15.3. The number of nitrogens with two attached hydrogens (primary N) is 1. The smallest absolute Gasteiger partial charge is 0.317 e. The lowest BCUT2D eigenvalue weighted by molar-refractivity contribution is -0.123. The number of likely N-dealkylation sites (tertiary alicyclic amines) is 1. The van der Waals surface area contributed by atoms with E-state index in [2.05, 4.69) is 23.2 Å². The number of hydrogen-bond acceptors (Lipinski definition) is 3. The van der Waals surface area contributed by atoms with Crippen LogP contribution in [0, 0.1) is 12.8 Å². The third-order valence-electron chi connectivity index (χ3n) is 4.85. The first-order chi connectivity index (χ1) is 12.0. The molecule has 0 radical (unpaired) electrons. The Kier molecular flexibility index (Phi) is 7.25. The monoisotopic (exact) mass is 346 g/mol. The van der Waals surface area contributed by atoms with Gasteiger partial charge >= 0.3 is 6.03 Å². The van der Waals surface area contributed by atoms with Gasteiger partial charge in [-0.25, -0.2) is 4.79 Å². The molecule has 6 nitrogen and oxygen atoms in total. The molecule has 1 aromatic rings. The third-order valence-corrected chi connectivity index (χ3v) is 4.85. The number of hydrogen-bond donors (Lipinski definition) is 2. The number of primary amides is 1. The SMILES string of the molecule is Cc1ccccc1CN(C)C(=O)NCCCN1CCC[C@@H](C(N)=O)C1. The fraction of sp³-hybridized carbons (Fsp3) is 0.579. The normalized spacial score (nSPS) is 17.9. The minimum atomic E-state index is -0.198. The lowest BCUT2D eigenvalue weighted by Gasteiger charge is -2.31. The zero-order valence-corrected chi connectivity index (χ0v) is 15.3. The second-order valence-electron chi connectivity index (χ2n) is 6.91. The number of nitrogens with one attached hydrogen (secondary N) is 1. The van der Waals surface area contributed by atoms with Crippen LogP contribution in [-0.4, -0.2) is 55.0 Å². The molecule has 0 aliphatic carbocycles. The van der Waals surface area contributed by atoms with Gasteiger partial charge in [-0.2, -0.15) is 0 Å². The minimum absolute atomic E-state index is 0.0245. The van der Waals surface area contributed by atoms with Crippen LogP contribution in [0.25, 0.3) is 0 Å². The molecule has 1 aliphatic heterocycles. The summed E-state index contributed by atoms with van der Waals surface area (Å²) in [5.41, 5.74) is 7.75. The first-order valence-corrected chi connectivity index (χ1v) is 9.02. The van der Waals surface area contributed by atoms with Gasteiger partial charge in [-0.3, -0.25) is 4.79 Å². The number of nitrogens with zero attached hydrogens (tertiary/aromatic N) is 2. The van der Waals surface area contributed by atoms with Crippen molar-refractivity contribution < 1.29 is 9.59 Å². The Bertz CT molecular complexity index is 591. The maximum atomic E-state index is 12.2. The Balaban J connectivity index is 1.66. The van der Waals surface area contributed by atoms with Crippen LogP contribution in [-0.2, 0) is 11.3 Å². The van der Waals surface area contributed by atoms with Crippen LogP contribution in [0.4, 0.5) is 4.79 Å². The summed E-state index contributed by atoms with van der Waals surface area (Å²) in [4.78, 5) is 27.5. The van der Waals surface area contributed by atoms with Crippen LogP contribution in [0.2, 0.25) is 0 Å². The van der Waals surface area contributed by atoms with E-state index in [1.807, 2.05) is 25.2 Å². The molecule has 1 atom stereocenters. The van der Waals surface area contributed by atoms with Gasteiger partial charge in [0, 0.05) is 26.7 Å². The molecule has 1 saturated heterocycles. The molecule has 138 valence electrons. The molecule has 6 heteroatoms. The molecule has 1 aromatic carbocycles. The number of benzene rings is 1. The van der Waals surface area contributed by atoms with Gasteiger partial charge in [0.15, 0.2) is 0 Å². The van der Waals surface area contributed by atoms with E-state index in [1.165, 1.54) is 5.56 Å². The van der Waals surface area contributed by atoms with Crippen molar-refractivity contribution in [3.63, 3.8) is 0 Å². The third kappa shape index (κ3) is 6.05. The molecule has 3 N–H and O–H groups in total. The number of piperidine rings is 1. The molecule has 1 aliphatic rings. The second kappa shape index (κ2) is 9.42. The summed E-state index contributed by atoms with van der Waals surface area (Å²) in [6.07, 6.45) is 2.78. The van der Waals surface area contributed by atoms with Crippen LogP contribution in [0.1, 0.15) is 30.4 Å². The van der Waals surface area contributed by atoms with Gasteiger partial charge in [0.2, 0.25) is 5.91 Å². The molecular weight excluding hydrogens is 316 g/mol. The van der Waals surface area contributed by atoms with Crippen molar-refractivity contribution in [2.45, 2.75) is 32.7 Å². The number of carbonyl (C=O) groups is 2. The van der Waals surface area contributed by atoms with Gasteiger partial charge in [-0.05, 0) is 50.4 Å². The Hall–Kier alpha value is -2.08. The molecule has 0 unspecified atom stereocenters. The number of amides is 3. The van der Waals surface area contributed by atoms with E-state index < -0.39 is 0 Å². The van der Waals surface area contributed by atoms with Crippen LogP contribution in [0.15, 0.2) is 24.3 Å². The van der Waals surface area contributed by atoms with Gasteiger partial charge in [0.25, 0.3) is 0 Å². The summed E-state index contributed by atoms with van der Waals surface area (Å²) in [7, 11) is 1.81. The second-order valence-corrected chi connectivity index (χ2v) is 6.91. The Morgan fingerprint density at radius 2 is 2.12 bits per heavy atom. The molecular formula is C19H30N4O2. The minimum Gasteiger partial charge on any atom is -0.369 e.